The number of hydrogen-bond acceptors (Lipinski definition) is 5. The first-order valence-corrected chi connectivity index (χ1v) is 7.54. The Morgan fingerprint density at radius 3 is 3.10 bits per heavy atom. The fraction of sp³-hybridized carbons (Fsp3) is 0.429. The van der Waals surface area contributed by atoms with Gasteiger partial charge in [0.1, 0.15) is 5.75 Å². The smallest absolute Gasteiger partial charge is 0.230 e. The Bertz CT molecular complexity index is 626. The Hall–Kier alpha value is -1.37. The molecule has 2 N–H and O–H groups in total. The van der Waals surface area contributed by atoms with Crippen LogP contribution in [0.1, 0.15) is 12.8 Å². The number of nitrogens with one attached hydrogen (secondary N) is 2. The number of piperidine rings is 1. The van der Waals surface area contributed by atoms with E-state index in [9.17, 15) is 4.79 Å². The molecule has 0 bridgehead atoms. The third-order valence-corrected chi connectivity index (χ3v) is 4.43. The summed E-state index contributed by atoms with van der Waals surface area (Å²) in [4.78, 5) is 16.6. The lowest BCUT2D eigenvalue weighted by molar-refractivity contribution is -0.120. The minimum absolute atomic E-state index is 0. The molecule has 1 saturated heterocycles. The van der Waals surface area contributed by atoms with Crippen LogP contribution in [0.4, 0.5) is 5.13 Å². The van der Waals surface area contributed by atoms with Gasteiger partial charge in [0.15, 0.2) is 5.13 Å². The molecule has 1 aliphatic rings. The maximum Gasteiger partial charge on any atom is 0.230 e. The molecule has 1 fully saturated rings. The number of aromatic nitrogens is 1. The molecule has 0 spiro atoms. The summed E-state index contributed by atoms with van der Waals surface area (Å²) < 4.78 is 6.21. The molecule has 1 aliphatic heterocycles. The molecule has 3 rings (SSSR count). The average molecular weight is 328 g/mol. The highest BCUT2D eigenvalue weighted by Gasteiger charge is 2.21. The van der Waals surface area contributed by atoms with Gasteiger partial charge >= 0.3 is 0 Å². The van der Waals surface area contributed by atoms with Crippen molar-refractivity contribution in [2.45, 2.75) is 12.8 Å². The summed E-state index contributed by atoms with van der Waals surface area (Å²) in [5, 5.41) is 6.83. The molecule has 2 aromatic rings. The number of benzene rings is 1. The lowest BCUT2D eigenvalue weighted by Gasteiger charge is -2.21. The minimum Gasteiger partial charge on any atom is -0.497 e. The van der Waals surface area contributed by atoms with E-state index in [2.05, 4.69) is 15.6 Å². The Morgan fingerprint density at radius 1 is 1.52 bits per heavy atom. The lowest BCUT2D eigenvalue weighted by Crippen LogP contribution is -2.37. The van der Waals surface area contributed by atoms with Gasteiger partial charge in [0, 0.05) is 6.54 Å². The van der Waals surface area contributed by atoms with E-state index in [0.717, 1.165) is 41.9 Å². The second-order valence-electron chi connectivity index (χ2n) is 4.89. The van der Waals surface area contributed by atoms with Crippen molar-refractivity contribution < 1.29 is 9.53 Å². The van der Waals surface area contributed by atoms with Crippen LogP contribution in [0, 0.1) is 5.92 Å². The highest BCUT2D eigenvalue weighted by molar-refractivity contribution is 7.22. The maximum absolute atomic E-state index is 12.2. The molecular formula is C14H18ClN3O2S. The van der Waals surface area contributed by atoms with Crippen molar-refractivity contribution in [2.24, 2.45) is 5.92 Å². The first-order chi connectivity index (χ1) is 9.76. The van der Waals surface area contributed by atoms with Crippen LogP contribution in [-0.2, 0) is 4.79 Å². The van der Waals surface area contributed by atoms with Crippen LogP contribution >= 0.6 is 23.7 Å². The molecule has 0 saturated carbocycles. The van der Waals surface area contributed by atoms with Gasteiger partial charge in [-0.25, -0.2) is 4.98 Å². The number of methoxy groups -OCH3 is 1. The lowest BCUT2D eigenvalue weighted by atomic mass is 9.99. The molecule has 1 aromatic heterocycles. The summed E-state index contributed by atoms with van der Waals surface area (Å²) >= 11 is 1.48. The summed E-state index contributed by atoms with van der Waals surface area (Å²) in [5.74, 6) is 0.907. The molecule has 0 radical (unpaired) electrons. The number of anilines is 1. The number of nitrogens with zero attached hydrogens (tertiary/aromatic N) is 1. The van der Waals surface area contributed by atoms with Gasteiger partial charge in [-0.3, -0.25) is 4.79 Å². The van der Waals surface area contributed by atoms with Crippen molar-refractivity contribution in [3.8, 4) is 5.75 Å². The highest BCUT2D eigenvalue weighted by Crippen LogP contribution is 2.29. The van der Waals surface area contributed by atoms with Gasteiger partial charge in [-0.05, 0) is 37.6 Å². The van der Waals surface area contributed by atoms with Crippen molar-refractivity contribution in [3.63, 3.8) is 0 Å². The molecule has 1 atom stereocenters. The van der Waals surface area contributed by atoms with E-state index >= 15 is 0 Å². The molecule has 2 heterocycles. The monoisotopic (exact) mass is 327 g/mol. The fourth-order valence-corrected chi connectivity index (χ4v) is 3.27. The van der Waals surface area contributed by atoms with E-state index in [1.807, 2.05) is 18.2 Å². The van der Waals surface area contributed by atoms with Gasteiger partial charge in [-0.15, -0.1) is 12.4 Å². The second kappa shape index (κ2) is 7.06. The fourth-order valence-electron chi connectivity index (χ4n) is 2.37. The topological polar surface area (TPSA) is 63.2 Å². The van der Waals surface area contributed by atoms with Crippen molar-refractivity contribution in [1.29, 1.82) is 0 Å². The second-order valence-corrected chi connectivity index (χ2v) is 5.92. The van der Waals surface area contributed by atoms with Crippen LogP contribution in [0.5, 0.6) is 5.75 Å². The zero-order chi connectivity index (χ0) is 13.9. The van der Waals surface area contributed by atoms with E-state index in [1.54, 1.807) is 7.11 Å². The van der Waals surface area contributed by atoms with Gasteiger partial charge < -0.3 is 15.4 Å². The third-order valence-electron chi connectivity index (χ3n) is 3.49. The Labute approximate surface area is 133 Å². The van der Waals surface area contributed by atoms with Gasteiger partial charge in [-0.2, -0.15) is 0 Å². The van der Waals surface area contributed by atoms with E-state index < -0.39 is 0 Å². The zero-order valence-electron chi connectivity index (χ0n) is 11.7. The molecule has 0 unspecified atom stereocenters. The summed E-state index contributed by atoms with van der Waals surface area (Å²) in [6.45, 7) is 1.76. The number of halogens is 1. The number of amides is 1. The van der Waals surface area contributed by atoms with Crippen LogP contribution in [0.15, 0.2) is 18.2 Å². The quantitative estimate of drug-likeness (QED) is 0.909. The molecular weight excluding hydrogens is 310 g/mol. The molecule has 7 heteroatoms. The average Bonchev–Trinajstić information content (AvgIpc) is 2.89. The van der Waals surface area contributed by atoms with Crippen LogP contribution in [0.3, 0.4) is 0 Å². The number of rotatable bonds is 3. The standard InChI is InChI=1S/C14H17N3O2S.ClH/c1-19-10-4-5-11-12(7-10)20-14(16-11)17-13(18)9-3-2-6-15-8-9;/h4-5,7,9,15H,2-3,6,8H2,1H3,(H,16,17,18);1H/t9-;/m1./s1. The van der Waals surface area contributed by atoms with Crippen LogP contribution in [-0.4, -0.2) is 31.1 Å². The molecule has 0 aliphatic carbocycles. The predicted molar refractivity (Wildman–Crippen MR) is 87.6 cm³/mol. The normalized spacial score (nSPS) is 18.0. The number of thiazole rings is 1. The predicted octanol–water partition coefficient (Wildman–Crippen LogP) is 2.66. The number of carbonyl (C=O) groups excluding carboxylic acids is 1. The highest BCUT2D eigenvalue weighted by atomic mass is 35.5. The molecule has 1 amide bonds. The number of hydrogen-bond donors (Lipinski definition) is 2. The first-order valence-electron chi connectivity index (χ1n) is 6.72. The largest absolute Gasteiger partial charge is 0.497 e. The molecule has 5 nitrogen and oxygen atoms in total. The van der Waals surface area contributed by atoms with Crippen molar-refractivity contribution in [3.05, 3.63) is 18.2 Å². The number of ether oxygens (including phenoxy) is 1. The van der Waals surface area contributed by atoms with E-state index in [0.29, 0.717) is 5.13 Å². The third kappa shape index (κ3) is 3.64. The minimum atomic E-state index is 0. The van der Waals surface area contributed by atoms with E-state index in [1.165, 1.54) is 11.3 Å². The summed E-state index contributed by atoms with van der Waals surface area (Å²) in [6, 6.07) is 5.71. The van der Waals surface area contributed by atoms with Crippen LogP contribution in [0.25, 0.3) is 10.2 Å². The van der Waals surface area contributed by atoms with E-state index in [4.69, 9.17) is 4.74 Å². The van der Waals surface area contributed by atoms with Crippen LogP contribution in [0.2, 0.25) is 0 Å². The zero-order valence-corrected chi connectivity index (χ0v) is 13.4. The molecule has 114 valence electrons. The molecule has 1 aromatic carbocycles. The SMILES string of the molecule is COc1ccc2nc(NC(=O)[C@@H]3CCCNC3)sc2c1.Cl. The maximum atomic E-state index is 12.2. The Kier molecular flexibility index (Phi) is 5.39. The van der Waals surface area contributed by atoms with Crippen molar-refractivity contribution >= 4 is 45.0 Å². The van der Waals surface area contributed by atoms with Crippen molar-refractivity contribution in [2.75, 3.05) is 25.5 Å². The van der Waals surface area contributed by atoms with Crippen LogP contribution < -0.4 is 15.4 Å². The number of fused-ring (bicyclic) bond motifs is 1. The van der Waals surface area contributed by atoms with Gasteiger partial charge in [0.05, 0.1) is 23.2 Å². The van der Waals surface area contributed by atoms with Gasteiger partial charge in [-0.1, -0.05) is 11.3 Å². The number of carbonyl (C=O) groups is 1. The van der Waals surface area contributed by atoms with Gasteiger partial charge in [0.2, 0.25) is 5.91 Å². The Morgan fingerprint density at radius 2 is 2.38 bits per heavy atom. The van der Waals surface area contributed by atoms with Crippen molar-refractivity contribution in [1.82, 2.24) is 10.3 Å². The first kappa shape index (κ1) is 16.0. The van der Waals surface area contributed by atoms with Gasteiger partial charge in [0.25, 0.3) is 0 Å². The Balaban J connectivity index is 0.00000161. The van der Waals surface area contributed by atoms with E-state index in [-0.39, 0.29) is 24.2 Å². The molecule has 21 heavy (non-hydrogen) atoms. The summed E-state index contributed by atoms with van der Waals surface area (Å²) in [7, 11) is 1.64. The summed E-state index contributed by atoms with van der Waals surface area (Å²) in [5.41, 5.74) is 0.882. The summed E-state index contributed by atoms with van der Waals surface area (Å²) in [6.07, 6.45) is 1.99.